The van der Waals surface area contributed by atoms with E-state index >= 15 is 0 Å². The van der Waals surface area contributed by atoms with Crippen LogP contribution < -0.4 is 0 Å². The van der Waals surface area contributed by atoms with E-state index < -0.39 is 0 Å². The zero-order valence-corrected chi connectivity index (χ0v) is 10.6. The van der Waals surface area contributed by atoms with Gasteiger partial charge in [0.1, 0.15) is 0 Å². The highest BCUT2D eigenvalue weighted by Gasteiger charge is 1.96. The number of hydrogen-bond donors (Lipinski definition) is 0. The first kappa shape index (κ1) is 15.2. The van der Waals surface area contributed by atoms with E-state index in [0.717, 1.165) is 0 Å². The summed E-state index contributed by atoms with van der Waals surface area (Å²) in [6, 6.07) is 13.3. The fourth-order valence-corrected chi connectivity index (χ4v) is 1.45. The molecule has 20 heavy (non-hydrogen) atoms. The van der Waals surface area contributed by atoms with E-state index in [2.05, 4.69) is 0 Å². The molecule has 0 saturated carbocycles. The van der Waals surface area contributed by atoms with Crippen molar-refractivity contribution in [1.29, 1.82) is 0 Å². The average molecular weight is 268 g/mol. The standard InChI is InChI=1S/2C8H6O2/c2*9-5-7-3-1-2-4-8(7)6-10/h2*1-6H. The minimum atomic E-state index is 0.442. The Kier molecular flexibility index (Phi) is 6.27. The lowest BCUT2D eigenvalue weighted by Gasteiger charge is -1.91. The summed E-state index contributed by atoms with van der Waals surface area (Å²) in [6.07, 6.45) is 2.68. The smallest absolute Gasteiger partial charge is 0.150 e. The molecule has 0 spiro atoms. The number of rotatable bonds is 4. The summed E-state index contributed by atoms with van der Waals surface area (Å²) >= 11 is 0. The molecule has 0 heterocycles. The van der Waals surface area contributed by atoms with Crippen LogP contribution in [0.3, 0.4) is 0 Å². The second kappa shape index (κ2) is 8.26. The van der Waals surface area contributed by atoms with E-state index in [4.69, 9.17) is 0 Å². The summed E-state index contributed by atoms with van der Waals surface area (Å²) in [5.41, 5.74) is 1.77. The predicted octanol–water partition coefficient (Wildman–Crippen LogP) is 2.62. The number of carbonyl (C=O) groups excluding carboxylic acids is 4. The van der Waals surface area contributed by atoms with Crippen LogP contribution in [0.5, 0.6) is 0 Å². The summed E-state index contributed by atoms with van der Waals surface area (Å²) in [7, 11) is 0. The van der Waals surface area contributed by atoms with Crippen molar-refractivity contribution in [3.63, 3.8) is 0 Å². The molecule has 0 aliphatic heterocycles. The van der Waals surface area contributed by atoms with Crippen LogP contribution in [0.15, 0.2) is 48.5 Å². The van der Waals surface area contributed by atoms with Gasteiger partial charge in [0.15, 0.2) is 25.1 Å². The zero-order chi connectivity index (χ0) is 14.8. The Bertz CT molecular complexity index is 508. The van der Waals surface area contributed by atoms with Gasteiger partial charge in [-0.05, 0) is 0 Å². The molecular formula is C16H12O4. The molecule has 2 aromatic carbocycles. The Balaban J connectivity index is 0.000000200. The molecule has 0 saturated heterocycles. The molecule has 0 aliphatic carbocycles. The Labute approximate surface area is 116 Å². The predicted molar refractivity (Wildman–Crippen MR) is 74.4 cm³/mol. The van der Waals surface area contributed by atoms with Gasteiger partial charge in [0, 0.05) is 22.3 Å². The molecule has 2 rings (SSSR count). The SMILES string of the molecule is O=Cc1ccccc1C=O.O=Cc1ccccc1C=O. The molecule has 0 aliphatic rings. The van der Waals surface area contributed by atoms with Crippen LogP contribution in [0.4, 0.5) is 0 Å². The van der Waals surface area contributed by atoms with Crippen molar-refractivity contribution in [2.45, 2.75) is 0 Å². The fourth-order valence-electron chi connectivity index (χ4n) is 1.45. The topological polar surface area (TPSA) is 68.3 Å². The first-order chi connectivity index (χ1) is 9.76. The minimum absolute atomic E-state index is 0.442. The Hall–Kier alpha value is -2.88. The third-order valence-electron chi connectivity index (χ3n) is 2.50. The van der Waals surface area contributed by atoms with Crippen molar-refractivity contribution < 1.29 is 19.2 Å². The van der Waals surface area contributed by atoms with E-state index in [1.807, 2.05) is 0 Å². The molecule has 0 amide bonds. The highest BCUT2D eigenvalue weighted by atomic mass is 16.1. The van der Waals surface area contributed by atoms with Crippen LogP contribution in [0.2, 0.25) is 0 Å². The van der Waals surface area contributed by atoms with Gasteiger partial charge < -0.3 is 0 Å². The quantitative estimate of drug-likeness (QED) is 0.799. The average Bonchev–Trinajstić information content (AvgIpc) is 2.55. The van der Waals surface area contributed by atoms with E-state index in [1.54, 1.807) is 48.5 Å². The molecule has 0 unspecified atom stereocenters. The fraction of sp³-hybridized carbons (Fsp3) is 0. The molecule has 0 aromatic heterocycles. The molecule has 4 heteroatoms. The van der Waals surface area contributed by atoms with Crippen molar-refractivity contribution in [2.24, 2.45) is 0 Å². The van der Waals surface area contributed by atoms with Crippen LogP contribution in [0.25, 0.3) is 0 Å². The third-order valence-corrected chi connectivity index (χ3v) is 2.50. The van der Waals surface area contributed by atoms with Crippen LogP contribution in [0, 0.1) is 0 Å². The van der Waals surface area contributed by atoms with Gasteiger partial charge in [0.05, 0.1) is 0 Å². The van der Waals surface area contributed by atoms with Gasteiger partial charge in [-0.15, -0.1) is 0 Å². The maximum Gasteiger partial charge on any atom is 0.150 e. The van der Waals surface area contributed by atoms with E-state index in [9.17, 15) is 19.2 Å². The normalized spacial score (nSPS) is 8.80. The van der Waals surface area contributed by atoms with Crippen molar-refractivity contribution in [3.8, 4) is 0 Å². The van der Waals surface area contributed by atoms with Crippen molar-refractivity contribution in [2.75, 3.05) is 0 Å². The molecule has 0 bridgehead atoms. The van der Waals surface area contributed by atoms with Crippen LogP contribution in [0.1, 0.15) is 41.4 Å². The Morgan fingerprint density at radius 1 is 0.450 bits per heavy atom. The Morgan fingerprint density at radius 2 is 0.650 bits per heavy atom. The molecule has 4 nitrogen and oxygen atoms in total. The van der Waals surface area contributed by atoms with Gasteiger partial charge in [0.2, 0.25) is 0 Å². The van der Waals surface area contributed by atoms with Crippen molar-refractivity contribution in [3.05, 3.63) is 70.8 Å². The molecule has 0 N–H and O–H groups in total. The van der Waals surface area contributed by atoms with E-state index in [1.165, 1.54) is 0 Å². The first-order valence-electron chi connectivity index (χ1n) is 5.75. The number of aldehydes is 4. The summed E-state index contributed by atoms with van der Waals surface area (Å²) in [5.74, 6) is 0. The largest absolute Gasteiger partial charge is 0.298 e. The minimum Gasteiger partial charge on any atom is -0.298 e. The second-order valence-electron chi connectivity index (χ2n) is 3.73. The van der Waals surface area contributed by atoms with Gasteiger partial charge in [-0.25, -0.2) is 0 Å². The number of carbonyl (C=O) groups is 4. The summed E-state index contributed by atoms with van der Waals surface area (Å²) in [5, 5.41) is 0. The highest BCUT2D eigenvalue weighted by Crippen LogP contribution is 2.02. The molecule has 0 radical (unpaired) electrons. The lowest BCUT2D eigenvalue weighted by Crippen LogP contribution is -1.87. The maximum absolute atomic E-state index is 10.2. The highest BCUT2D eigenvalue weighted by molar-refractivity contribution is 5.90. The Morgan fingerprint density at radius 3 is 0.800 bits per heavy atom. The molecule has 100 valence electrons. The van der Waals surface area contributed by atoms with Gasteiger partial charge in [-0.3, -0.25) is 19.2 Å². The van der Waals surface area contributed by atoms with Gasteiger partial charge in [-0.2, -0.15) is 0 Å². The molecular weight excluding hydrogens is 256 g/mol. The van der Waals surface area contributed by atoms with Gasteiger partial charge in [0.25, 0.3) is 0 Å². The molecule has 0 atom stereocenters. The molecule has 2 aromatic rings. The van der Waals surface area contributed by atoms with Gasteiger partial charge in [-0.1, -0.05) is 48.5 Å². The van der Waals surface area contributed by atoms with E-state index in [0.29, 0.717) is 47.4 Å². The summed E-state index contributed by atoms with van der Waals surface area (Å²) < 4.78 is 0. The molecule has 0 fully saturated rings. The summed E-state index contributed by atoms with van der Waals surface area (Å²) in [6.45, 7) is 0. The lowest BCUT2D eigenvalue weighted by atomic mass is 10.1. The van der Waals surface area contributed by atoms with Crippen molar-refractivity contribution >= 4 is 25.1 Å². The van der Waals surface area contributed by atoms with E-state index in [-0.39, 0.29) is 0 Å². The lowest BCUT2D eigenvalue weighted by molar-refractivity contribution is 0.109. The monoisotopic (exact) mass is 268 g/mol. The van der Waals surface area contributed by atoms with Crippen molar-refractivity contribution in [1.82, 2.24) is 0 Å². The number of benzene rings is 2. The first-order valence-corrected chi connectivity index (χ1v) is 5.75. The van der Waals surface area contributed by atoms with Crippen LogP contribution in [-0.4, -0.2) is 25.1 Å². The maximum atomic E-state index is 10.2. The van der Waals surface area contributed by atoms with Crippen LogP contribution in [-0.2, 0) is 0 Å². The zero-order valence-electron chi connectivity index (χ0n) is 10.6. The summed E-state index contributed by atoms with van der Waals surface area (Å²) in [4.78, 5) is 40.9. The van der Waals surface area contributed by atoms with Gasteiger partial charge >= 0.3 is 0 Å². The number of hydrogen-bond acceptors (Lipinski definition) is 4. The second-order valence-corrected chi connectivity index (χ2v) is 3.73. The third kappa shape index (κ3) is 4.10. The van der Waals surface area contributed by atoms with Crippen LogP contribution >= 0.6 is 0 Å².